The van der Waals surface area contributed by atoms with E-state index < -0.39 is 0 Å². The molecule has 0 aromatic heterocycles. The molecule has 0 saturated carbocycles. The van der Waals surface area contributed by atoms with Crippen LogP contribution in [0, 0.1) is 5.41 Å². The van der Waals surface area contributed by atoms with Crippen molar-refractivity contribution in [1.82, 2.24) is 15.5 Å². The highest BCUT2D eigenvalue weighted by Crippen LogP contribution is 2.18. The number of aliphatic hydroxyl groups is 1. The molecule has 0 saturated heterocycles. The van der Waals surface area contributed by atoms with Gasteiger partial charge in [0, 0.05) is 19.7 Å². The molecule has 1 rings (SSSR count). The lowest BCUT2D eigenvalue weighted by Crippen LogP contribution is -2.43. The second-order valence-corrected chi connectivity index (χ2v) is 6.59. The molecular weight excluding hydrogens is 278 g/mol. The van der Waals surface area contributed by atoms with Crippen LogP contribution in [-0.4, -0.2) is 49.8 Å². The fourth-order valence-electron chi connectivity index (χ4n) is 2.24. The standard InChI is InChI=1S/C17H29N3O2/c1-17(2,10-11-21)13-19-16(22)18-12-15(20(3)4)14-8-6-5-7-9-14/h5-9,15,21H,10-13H2,1-4H3,(H2,18,19,22). The van der Waals surface area contributed by atoms with Gasteiger partial charge in [0.2, 0.25) is 0 Å². The van der Waals surface area contributed by atoms with Gasteiger partial charge in [0.05, 0.1) is 6.04 Å². The Bertz CT molecular complexity index is 446. The van der Waals surface area contributed by atoms with Crippen molar-refractivity contribution >= 4 is 6.03 Å². The van der Waals surface area contributed by atoms with E-state index in [2.05, 4.69) is 27.7 Å². The summed E-state index contributed by atoms with van der Waals surface area (Å²) in [6, 6.07) is 10.1. The summed E-state index contributed by atoms with van der Waals surface area (Å²) < 4.78 is 0. The predicted octanol–water partition coefficient (Wildman–Crippen LogP) is 2.00. The first-order valence-electron chi connectivity index (χ1n) is 7.69. The fraction of sp³-hybridized carbons (Fsp3) is 0.588. The molecule has 124 valence electrons. The lowest BCUT2D eigenvalue weighted by atomic mass is 9.90. The number of carbonyl (C=O) groups excluding carboxylic acids is 1. The third-order valence-electron chi connectivity index (χ3n) is 3.78. The average molecular weight is 307 g/mol. The predicted molar refractivity (Wildman–Crippen MR) is 89.8 cm³/mol. The molecule has 1 aromatic rings. The monoisotopic (exact) mass is 307 g/mol. The summed E-state index contributed by atoms with van der Waals surface area (Å²) >= 11 is 0. The van der Waals surface area contributed by atoms with E-state index in [1.54, 1.807) is 0 Å². The quantitative estimate of drug-likeness (QED) is 0.688. The number of nitrogens with one attached hydrogen (secondary N) is 2. The van der Waals surface area contributed by atoms with Crippen molar-refractivity contribution in [2.75, 3.05) is 33.8 Å². The van der Waals surface area contributed by atoms with Gasteiger partial charge in [-0.25, -0.2) is 4.79 Å². The Morgan fingerprint density at radius 1 is 1.23 bits per heavy atom. The SMILES string of the molecule is CN(C)C(CNC(=O)NCC(C)(C)CCO)c1ccccc1. The van der Waals surface area contributed by atoms with Crippen molar-refractivity contribution in [3.63, 3.8) is 0 Å². The number of likely N-dealkylation sites (N-methyl/N-ethyl adjacent to an activating group) is 1. The summed E-state index contributed by atoms with van der Waals surface area (Å²) in [5.41, 5.74) is 1.07. The molecule has 0 spiro atoms. The minimum Gasteiger partial charge on any atom is -0.396 e. The van der Waals surface area contributed by atoms with Gasteiger partial charge in [0.25, 0.3) is 0 Å². The number of rotatable bonds is 8. The minimum absolute atomic E-state index is 0.105. The maximum absolute atomic E-state index is 11.9. The highest BCUT2D eigenvalue weighted by atomic mass is 16.3. The van der Waals surface area contributed by atoms with Crippen LogP contribution in [0.1, 0.15) is 31.9 Å². The van der Waals surface area contributed by atoms with Crippen LogP contribution in [0.2, 0.25) is 0 Å². The zero-order valence-electron chi connectivity index (χ0n) is 14.1. The number of aliphatic hydroxyl groups excluding tert-OH is 1. The number of benzene rings is 1. The van der Waals surface area contributed by atoms with Gasteiger partial charge in [0.1, 0.15) is 0 Å². The Morgan fingerprint density at radius 2 is 1.86 bits per heavy atom. The summed E-state index contributed by atoms with van der Waals surface area (Å²) in [5, 5.41) is 14.8. The second-order valence-electron chi connectivity index (χ2n) is 6.59. The summed E-state index contributed by atoms with van der Waals surface area (Å²) in [7, 11) is 4.00. The van der Waals surface area contributed by atoms with Crippen LogP contribution in [-0.2, 0) is 0 Å². The average Bonchev–Trinajstić information content (AvgIpc) is 2.46. The molecule has 0 heterocycles. The lowest BCUT2D eigenvalue weighted by Gasteiger charge is -2.26. The Kier molecular flexibility index (Phi) is 7.35. The maximum Gasteiger partial charge on any atom is 0.314 e. The fourth-order valence-corrected chi connectivity index (χ4v) is 2.24. The van der Waals surface area contributed by atoms with Gasteiger partial charge >= 0.3 is 6.03 Å². The molecule has 0 aliphatic heterocycles. The minimum atomic E-state index is -0.172. The zero-order chi connectivity index (χ0) is 16.6. The first-order chi connectivity index (χ1) is 10.4. The molecule has 1 aromatic carbocycles. The smallest absolute Gasteiger partial charge is 0.314 e. The molecule has 1 unspecified atom stereocenters. The Hall–Kier alpha value is -1.59. The van der Waals surface area contributed by atoms with Crippen LogP contribution in [0.4, 0.5) is 4.79 Å². The summed E-state index contributed by atoms with van der Waals surface area (Å²) in [5.74, 6) is 0. The van der Waals surface area contributed by atoms with Gasteiger partial charge in [-0.1, -0.05) is 44.2 Å². The van der Waals surface area contributed by atoms with Gasteiger partial charge in [-0.05, 0) is 31.5 Å². The third-order valence-corrected chi connectivity index (χ3v) is 3.78. The van der Waals surface area contributed by atoms with Crippen molar-refractivity contribution in [1.29, 1.82) is 0 Å². The summed E-state index contributed by atoms with van der Waals surface area (Å²) in [6.45, 7) is 5.26. The Labute approximate surface area is 133 Å². The molecule has 2 amide bonds. The van der Waals surface area contributed by atoms with Crippen LogP contribution in [0.3, 0.4) is 0 Å². The van der Waals surface area contributed by atoms with Crippen LogP contribution < -0.4 is 10.6 Å². The van der Waals surface area contributed by atoms with E-state index >= 15 is 0 Å². The van der Waals surface area contributed by atoms with E-state index in [4.69, 9.17) is 5.11 Å². The summed E-state index contributed by atoms with van der Waals surface area (Å²) in [6.07, 6.45) is 0.664. The van der Waals surface area contributed by atoms with Crippen molar-refractivity contribution < 1.29 is 9.90 Å². The second kappa shape index (κ2) is 8.76. The number of hydrogen-bond donors (Lipinski definition) is 3. The molecule has 1 atom stereocenters. The first-order valence-corrected chi connectivity index (χ1v) is 7.69. The van der Waals surface area contributed by atoms with Crippen LogP contribution in [0.5, 0.6) is 0 Å². The van der Waals surface area contributed by atoms with E-state index in [1.165, 1.54) is 5.56 Å². The largest absolute Gasteiger partial charge is 0.396 e. The van der Waals surface area contributed by atoms with Gasteiger partial charge in [-0.2, -0.15) is 0 Å². The topological polar surface area (TPSA) is 64.6 Å². The number of urea groups is 1. The third kappa shape index (κ3) is 6.45. The van der Waals surface area contributed by atoms with Crippen LogP contribution in [0.25, 0.3) is 0 Å². The molecular formula is C17H29N3O2. The van der Waals surface area contributed by atoms with E-state index in [-0.39, 0.29) is 24.1 Å². The van der Waals surface area contributed by atoms with E-state index in [0.29, 0.717) is 19.5 Å². The highest BCUT2D eigenvalue weighted by Gasteiger charge is 2.19. The lowest BCUT2D eigenvalue weighted by molar-refractivity contribution is 0.199. The number of carbonyl (C=O) groups is 1. The van der Waals surface area contributed by atoms with Crippen LogP contribution >= 0.6 is 0 Å². The summed E-state index contributed by atoms with van der Waals surface area (Å²) in [4.78, 5) is 14.0. The Morgan fingerprint density at radius 3 is 2.41 bits per heavy atom. The molecule has 0 radical (unpaired) electrons. The molecule has 0 fully saturated rings. The normalized spacial score (nSPS) is 13.0. The first kappa shape index (κ1) is 18.5. The Balaban J connectivity index is 2.47. The molecule has 0 bridgehead atoms. The highest BCUT2D eigenvalue weighted by molar-refractivity contribution is 5.73. The van der Waals surface area contributed by atoms with Gasteiger partial charge in [-0.3, -0.25) is 0 Å². The van der Waals surface area contributed by atoms with Crippen molar-refractivity contribution in [3.05, 3.63) is 35.9 Å². The zero-order valence-corrected chi connectivity index (χ0v) is 14.1. The molecule has 0 aliphatic rings. The van der Waals surface area contributed by atoms with Crippen molar-refractivity contribution in [2.24, 2.45) is 5.41 Å². The molecule has 0 aliphatic carbocycles. The van der Waals surface area contributed by atoms with Crippen molar-refractivity contribution in [2.45, 2.75) is 26.3 Å². The van der Waals surface area contributed by atoms with E-state index in [1.807, 2.05) is 46.1 Å². The number of hydrogen-bond acceptors (Lipinski definition) is 3. The number of amides is 2. The maximum atomic E-state index is 11.9. The number of nitrogens with zero attached hydrogens (tertiary/aromatic N) is 1. The molecule has 3 N–H and O–H groups in total. The van der Waals surface area contributed by atoms with Gasteiger partial charge < -0.3 is 20.6 Å². The molecule has 5 heteroatoms. The molecule has 22 heavy (non-hydrogen) atoms. The van der Waals surface area contributed by atoms with E-state index in [0.717, 1.165) is 0 Å². The molecule has 5 nitrogen and oxygen atoms in total. The van der Waals surface area contributed by atoms with Gasteiger partial charge in [-0.15, -0.1) is 0 Å². The van der Waals surface area contributed by atoms with E-state index in [9.17, 15) is 4.79 Å². The van der Waals surface area contributed by atoms with Crippen molar-refractivity contribution in [3.8, 4) is 0 Å². The van der Waals surface area contributed by atoms with Crippen LogP contribution in [0.15, 0.2) is 30.3 Å². The van der Waals surface area contributed by atoms with Gasteiger partial charge in [0.15, 0.2) is 0 Å².